The monoisotopic (exact) mass is 357 g/mol. The Kier molecular flexibility index (Phi) is 5.92. The Morgan fingerprint density at radius 1 is 1.12 bits per heavy atom. The van der Waals surface area contributed by atoms with E-state index < -0.39 is 11.9 Å². The molecule has 0 aliphatic carbocycles. The molecule has 1 aromatic heterocycles. The van der Waals surface area contributed by atoms with Crippen LogP contribution in [0.4, 0.5) is 0 Å². The lowest BCUT2D eigenvalue weighted by atomic mass is 9.87. The van der Waals surface area contributed by atoms with Crippen molar-refractivity contribution in [2.75, 3.05) is 6.61 Å². The van der Waals surface area contributed by atoms with Gasteiger partial charge in [0.25, 0.3) is 5.91 Å². The zero-order valence-corrected chi connectivity index (χ0v) is 15.3. The van der Waals surface area contributed by atoms with Crippen molar-refractivity contribution in [3.05, 3.63) is 53.6 Å². The molecule has 26 heavy (non-hydrogen) atoms. The third kappa shape index (κ3) is 5.27. The van der Waals surface area contributed by atoms with Gasteiger partial charge in [-0.25, -0.2) is 14.8 Å². The topological polar surface area (TPSA) is 101 Å². The summed E-state index contributed by atoms with van der Waals surface area (Å²) in [7, 11) is 0. The average molecular weight is 357 g/mol. The number of benzene rings is 1. The minimum absolute atomic E-state index is 0.0522. The van der Waals surface area contributed by atoms with Gasteiger partial charge in [-0.05, 0) is 30.0 Å². The summed E-state index contributed by atoms with van der Waals surface area (Å²) in [6.07, 6.45) is 2.19. The van der Waals surface area contributed by atoms with Gasteiger partial charge in [-0.1, -0.05) is 32.9 Å². The lowest BCUT2D eigenvalue weighted by molar-refractivity contribution is 0.0688. The van der Waals surface area contributed by atoms with E-state index in [0.29, 0.717) is 6.61 Å². The van der Waals surface area contributed by atoms with Gasteiger partial charge >= 0.3 is 5.97 Å². The van der Waals surface area contributed by atoms with Gasteiger partial charge in [0.1, 0.15) is 18.1 Å². The van der Waals surface area contributed by atoms with E-state index >= 15 is 0 Å². The highest BCUT2D eigenvalue weighted by Gasteiger charge is 2.15. The van der Waals surface area contributed by atoms with E-state index in [1.807, 2.05) is 24.3 Å². The molecule has 7 heteroatoms. The number of carbonyl (C=O) groups is 2. The molecule has 1 unspecified atom stereocenters. The molecular formula is C19H23N3O4. The van der Waals surface area contributed by atoms with Crippen LogP contribution in [0.1, 0.15) is 54.2 Å². The van der Waals surface area contributed by atoms with Crippen molar-refractivity contribution in [3.8, 4) is 5.75 Å². The molecule has 0 spiro atoms. The van der Waals surface area contributed by atoms with Gasteiger partial charge in [0, 0.05) is 0 Å². The number of carbonyl (C=O) groups excluding carboxylic acids is 1. The maximum Gasteiger partial charge on any atom is 0.356 e. The van der Waals surface area contributed by atoms with E-state index in [1.165, 1.54) is 5.56 Å². The number of carboxylic acid groups (broad SMARTS) is 1. The molecule has 0 aliphatic heterocycles. The van der Waals surface area contributed by atoms with Gasteiger partial charge < -0.3 is 15.2 Å². The van der Waals surface area contributed by atoms with Crippen molar-refractivity contribution < 1.29 is 19.4 Å². The number of rotatable bonds is 6. The molecule has 7 nitrogen and oxygen atoms in total. The van der Waals surface area contributed by atoms with Gasteiger partial charge in [-0.2, -0.15) is 0 Å². The van der Waals surface area contributed by atoms with E-state index in [9.17, 15) is 9.59 Å². The lowest BCUT2D eigenvalue weighted by Crippen LogP contribution is -2.37. The van der Waals surface area contributed by atoms with Crippen LogP contribution >= 0.6 is 0 Å². The molecule has 0 bridgehead atoms. The van der Waals surface area contributed by atoms with E-state index in [-0.39, 0.29) is 22.8 Å². The standard InChI is InChI=1S/C19H23N3O4/c1-12(11-26-14-7-5-13(6-8-14)19(2,3)4)22-17(23)15-9-21-16(10-20-15)18(24)25/h5-10,12H,11H2,1-4H3,(H,22,23)(H,24,25). The first kappa shape index (κ1) is 19.4. The number of nitrogens with zero attached hydrogens (tertiary/aromatic N) is 2. The highest BCUT2D eigenvalue weighted by molar-refractivity contribution is 5.92. The van der Waals surface area contributed by atoms with E-state index in [2.05, 4.69) is 36.1 Å². The van der Waals surface area contributed by atoms with Crippen LogP contribution < -0.4 is 10.1 Å². The van der Waals surface area contributed by atoms with Gasteiger partial charge in [-0.3, -0.25) is 4.79 Å². The molecule has 1 amide bonds. The predicted molar refractivity (Wildman–Crippen MR) is 96.6 cm³/mol. The zero-order valence-electron chi connectivity index (χ0n) is 15.3. The summed E-state index contributed by atoms with van der Waals surface area (Å²) >= 11 is 0. The summed E-state index contributed by atoms with van der Waals surface area (Å²) in [5, 5.41) is 11.5. The molecule has 0 saturated carbocycles. The Labute approximate surface area is 152 Å². The normalized spacial score (nSPS) is 12.3. The van der Waals surface area contributed by atoms with Crippen molar-refractivity contribution in [1.82, 2.24) is 15.3 Å². The number of hydrogen-bond donors (Lipinski definition) is 2. The van der Waals surface area contributed by atoms with Gasteiger partial charge in [0.15, 0.2) is 5.69 Å². The van der Waals surface area contributed by atoms with Gasteiger partial charge in [-0.15, -0.1) is 0 Å². The van der Waals surface area contributed by atoms with Crippen molar-refractivity contribution >= 4 is 11.9 Å². The molecular weight excluding hydrogens is 334 g/mol. The number of aromatic nitrogens is 2. The van der Waals surface area contributed by atoms with E-state index in [0.717, 1.165) is 18.1 Å². The zero-order chi connectivity index (χ0) is 19.3. The fraction of sp³-hybridized carbons (Fsp3) is 0.368. The average Bonchev–Trinajstić information content (AvgIpc) is 2.59. The van der Waals surface area contributed by atoms with Crippen LogP contribution in [-0.4, -0.2) is 39.6 Å². The van der Waals surface area contributed by atoms with Crippen molar-refractivity contribution in [2.45, 2.75) is 39.2 Å². The molecule has 1 atom stereocenters. The minimum atomic E-state index is -1.19. The Balaban J connectivity index is 1.87. The second-order valence-corrected chi connectivity index (χ2v) is 7.05. The van der Waals surface area contributed by atoms with Crippen molar-refractivity contribution in [3.63, 3.8) is 0 Å². The number of carboxylic acids is 1. The third-order valence-electron chi connectivity index (χ3n) is 3.70. The van der Waals surface area contributed by atoms with Crippen LogP contribution in [0.25, 0.3) is 0 Å². The summed E-state index contributed by atoms with van der Waals surface area (Å²) in [6.45, 7) is 8.53. The van der Waals surface area contributed by atoms with Crippen molar-refractivity contribution in [2.24, 2.45) is 0 Å². The largest absolute Gasteiger partial charge is 0.491 e. The molecule has 2 N–H and O–H groups in total. The molecule has 0 saturated heterocycles. The van der Waals surface area contributed by atoms with Gasteiger partial charge in [0.2, 0.25) is 0 Å². The van der Waals surface area contributed by atoms with Crippen LogP contribution in [0.2, 0.25) is 0 Å². The molecule has 2 rings (SSSR count). The predicted octanol–water partition coefficient (Wildman–Crippen LogP) is 2.67. The smallest absolute Gasteiger partial charge is 0.356 e. The maximum atomic E-state index is 12.1. The summed E-state index contributed by atoms with van der Waals surface area (Å²) in [5.41, 5.74) is 1.14. The maximum absolute atomic E-state index is 12.1. The molecule has 0 aliphatic rings. The summed E-state index contributed by atoms with van der Waals surface area (Å²) in [6, 6.07) is 7.61. The van der Waals surface area contributed by atoms with Crippen LogP contribution in [0.15, 0.2) is 36.7 Å². The Hall–Kier alpha value is -2.96. The molecule has 0 fully saturated rings. The molecule has 138 valence electrons. The number of amides is 1. The fourth-order valence-electron chi connectivity index (χ4n) is 2.17. The molecule has 0 radical (unpaired) electrons. The number of nitrogens with one attached hydrogen (secondary N) is 1. The van der Waals surface area contributed by atoms with Crippen molar-refractivity contribution in [1.29, 1.82) is 0 Å². The fourth-order valence-corrected chi connectivity index (χ4v) is 2.17. The molecule has 2 aromatic rings. The number of hydrogen-bond acceptors (Lipinski definition) is 5. The summed E-state index contributed by atoms with van der Waals surface area (Å²) in [4.78, 5) is 30.3. The molecule has 1 aromatic carbocycles. The summed E-state index contributed by atoms with van der Waals surface area (Å²) < 4.78 is 5.69. The molecule has 1 heterocycles. The van der Waals surface area contributed by atoms with Gasteiger partial charge in [0.05, 0.1) is 18.4 Å². The Morgan fingerprint density at radius 3 is 2.19 bits per heavy atom. The van der Waals surface area contributed by atoms with Crippen LogP contribution in [0.5, 0.6) is 5.75 Å². The third-order valence-corrected chi connectivity index (χ3v) is 3.70. The second-order valence-electron chi connectivity index (χ2n) is 7.05. The van der Waals surface area contributed by atoms with Crippen LogP contribution in [0.3, 0.4) is 0 Å². The highest BCUT2D eigenvalue weighted by atomic mass is 16.5. The first-order valence-corrected chi connectivity index (χ1v) is 8.26. The number of ether oxygens (including phenoxy) is 1. The minimum Gasteiger partial charge on any atom is -0.491 e. The van der Waals surface area contributed by atoms with E-state index in [4.69, 9.17) is 9.84 Å². The first-order chi connectivity index (χ1) is 12.2. The number of aromatic carboxylic acids is 1. The lowest BCUT2D eigenvalue weighted by Gasteiger charge is -2.19. The second kappa shape index (κ2) is 7.95. The van der Waals surface area contributed by atoms with Crippen LogP contribution in [0, 0.1) is 0 Å². The Morgan fingerprint density at radius 2 is 1.69 bits per heavy atom. The quantitative estimate of drug-likeness (QED) is 0.824. The highest BCUT2D eigenvalue weighted by Crippen LogP contribution is 2.24. The first-order valence-electron chi connectivity index (χ1n) is 8.26. The Bertz CT molecular complexity index is 765. The van der Waals surface area contributed by atoms with Crippen LogP contribution in [-0.2, 0) is 5.41 Å². The summed E-state index contributed by atoms with van der Waals surface area (Å²) in [5.74, 6) is -0.901. The SMILES string of the molecule is CC(COc1ccc(C(C)(C)C)cc1)NC(=O)c1cnc(C(=O)O)cn1. The van der Waals surface area contributed by atoms with E-state index in [1.54, 1.807) is 6.92 Å².